The third-order valence-corrected chi connectivity index (χ3v) is 2.10. The first-order valence-electron chi connectivity index (χ1n) is 3.66. The molecule has 0 radical (unpaired) electrons. The van der Waals surface area contributed by atoms with E-state index in [2.05, 4.69) is 9.71 Å². The third-order valence-electron chi connectivity index (χ3n) is 1.23. The largest absolute Gasteiger partial charge is 0.481 e. The molecule has 1 aromatic rings. The number of nitrogens with one attached hydrogen (secondary N) is 1. The van der Waals surface area contributed by atoms with Gasteiger partial charge in [-0.15, -0.1) is 0 Å². The van der Waals surface area contributed by atoms with Crippen LogP contribution in [0.15, 0.2) is 23.2 Å². The molecule has 0 aliphatic carbocycles. The minimum absolute atomic E-state index is 0.0826. The SMILES string of the molecule is COc1ccc(SNC(C)=O)cn1. The smallest absolute Gasteiger partial charge is 0.226 e. The molecular weight excluding hydrogens is 188 g/mol. The number of ether oxygens (including phenoxy) is 1. The van der Waals surface area contributed by atoms with Gasteiger partial charge in [-0.2, -0.15) is 0 Å². The summed E-state index contributed by atoms with van der Waals surface area (Å²) >= 11 is 1.23. The second-order valence-electron chi connectivity index (χ2n) is 2.30. The fourth-order valence-electron chi connectivity index (χ4n) is 0.679. The van der Waals surface area contributed by atoms with Gasteiger partial charge in [0, 0.05) is 24.1 Å². The first-order valence-corrected chi connectivity index (χ1v) is 4.47. The number of pyridine rings is 1. The molecule has 1 aromatic heterocycles. The molecule has 1 amide bonds. The monoisotopic (exact) mass is 198 g/mol. The van der Waals surface area contributed by atoms with Crippen molar-refractivity contribution < 1.29 is 9.53 Å². The molecule has 0 aliphatic rings. The van der Waals surface area contributed by atoms with E-state index in [4.69, 9.17) is 4.74 Å². The highest BCUT2D eigenvalue weighted by atomic mass is 32.2. The molecule has 0 spiro atoms. The van der Waals surface area contributed by atoms with Crippen molar-refractivity contribution in [2.75, 3.05) is 7.11 Å². The summed E-state index contributed by atoms with van der Waals surface area (Å²) < 4.78 is 7.48. The van der Waals surface area contributed by atoms with Gasteiger partial charge in [-0.3, -0.25) is 9.52 Å². The lowest BCUT2D eigenvalue weighted by molar-refractivity contribution is -0.117. The predicted molar refractivity (Wildman–Crippen MR) is 50.5 cm³/mol. The number of nitrogens with zero attached hydrogens (tertiary/aromatic N) is 1. The molecule has 70 valence electrons. The van der Waals surface area contributed by atoms with Crippen LogP contribution >= 0.6 is 11.9 Å². The summed E-state index contributed by atoms with van der Waals surface area (Å²) in [6, 6.07) is 3.57. The molecule has 0 saturated carbocycles. The number of hydrogen-bond donors (Lipinski definition) is 1. The summed E-state index contributed by atoms with van der Waals surface area (Å²) in [7, 11) is 1.56. The zero-order chi connectivity index (χ0) is 9.68. The van der Waals surface area contributed by atoms with Crippen LogP contribution in [0.4, 0.5) is 0 Å². The van der Waals surface area contributed by atoms with Gasteiger partial charge in [0.1, 0.15) is 0 Å². The van der Waals surface area contributed by atoms with Crippen LogP contribution in [0.3, 0.4) is 0 Å². The minimum atomic E-state index is -0.0826. The lowest BCUT2D eigenvalue weighted by Gasteiger charge is -2.01. The van der Waals surface area contributed by atoms with Crippen LogP contribution in [0.5, 0.6) is 5.88 Å². The van der Waals surface area contributed by atoms with Gasteiger partial charge in [0.25, 0.3) is 0 Å². The van der Waals surface area contributed by atoms with E-state index in [0.29, 0.717) is 5.88 Å². The predicted octanol–water partition coefficient (Wildman–Crippen LogP) is 1.23. The Hall–Kier alpha value is -1.23. The van der Waals surface area contributed by atoms with Crippen LogP contribution in [-0.2, 0) is 4.79 Å². The summed E-state index contributed by atoms with van der Waals surface area (Å²) in [5, 5.41) is 0. The number of carbonyl (C=O) groups is 1. The van der Waals surface area contributed by atoms with Gasteiger partial charge in [0.15, 0.2) is 0 Å². The molecule has 13 heavy (non-hydrogen) atoms. The average molecular weight is 198 g/mol. The Balaban J connectivity index is 2.54. The lowest BCUT2D eigenvalue weighted by Crippen LogP contribution is -2.09. The third kappa shape index (κ3) is 3.33. The molecular formula is C8H10N2O2S. The Kier molecular flexibility index (Phi) is 3.57. The van der Waals surface area contributed by atoms with Crippen molar-refractivity contribution in [3.05, 3.63) is 18.3 Å². The van der Waals surface area contributed by atoms with Gasteiger partial charge in [-0.1, -0.05) is 0 Å². The number of aromatic nitrogens is 1. The number of carbonyl (C=O) groups excluding carboxylic acids is 1. The Morgan fingerprint density at radius 3 is 2.85 bits per heavy atom. The van der Waals surface area contributed by atoms with E-state index in [0.717, 1.165) is 4.90 Å². The van der Waals surface area contributed by atoms with Crippen molar-refractivity contribution >= 4 is 17.9 Å². The number of hydrogen-bond acceptors (Lipinski definition) is 4. The molecule has 0 saturated heterocycles. The highest BCUT2D eigenvalue weighted by Crippen LogP contribution is 2.15. The van der Waals surface area contributed by atoms with Crippen LogP contribution in [0.1, 0.15) is 6.92 Å². The second kappa shape index (κ2) is 4.71. The van der Waals surface area contributed by atoms with E-state index < -0.39 is 0 Å². The highest BCUT2D eigenvalue weighted by molar-refractivity contribution is 7.98. The Morgan fingerprint density at radius 1 is 1.62 bits per heavy atom. The van der Waals surface area contributed by atoms with E-state index in [1.165, 1.54) is 18.9 Å². The Bertz CT molecular complexity index is 287. The maximum Gasteiger partial charge on any atom is 0.226 e. The van der Waals surface area contributed by atoms with E-state index in [-0.39, 0.29) is 5.91 Å². The number of amides is 1. The van der Waals surface area contributed by atoms with Crippen LogP contribution in [0.25, 0.3) is 0 Å². The van der Waals surface area contributed by atoms with E-state index >= 15 is 0 Å². The van der Waals surface area contributed by atoms with Crippen LogP contribution in [-0.4, -0.2) is 18.0 Å². The Labute approximate surface area is 80.8 Å². The molecule has 1 heterocycles. The zero-order valence-electron chi connectivity index (χ0n) is 7.40. The van der Waals surface area contributed by atoms with Crippen molar-refractivity contribution in [2.45, 2.75) is 11.8 Å². The number of rotatable bonds is 3. The van der Waals surface area contributed by atoms with Crippen molar-refractivity contribution in [3.63, 3.8) is 0 Å². The van der Waals surface area contributed by atoms with Gasteiger partial charge in [-0.25, -0.2) is 4.98 Å². The van der Waals surface area contributed by atoms with Crippen molar-refractivity contribution in [1.82, 2.24) is 9.71 Å². The minimum Gasteiger partial charge on any atom is -0.481 e. The summed E-state index contributed by atoms with van der Waals surface area (Å²) in [4.78, 5) is 15.4. The molecule has 0 atom stereocenters. The standard InChI is InChI=1S/C8H10N2O2S/c1-6(11)10-13-7-3-4-8(12-2)9-5-7/h3-5H,1-2H3,(H,10,11). The molecule has 5 heteroatoms. The van der Waals surface area contributed by atoms with Crippen molar-refractivity contribution in [2.24, 2.45) is 0 Å². The molecule has 1 rings (SSSR count). The first kappa shape index (κ1) is 9.85. The van der Waals surface area contributed by atoms with Crippen LogP contribution in [0, 0.1) is 0 Å². The van der Waals surface area contributed by atoms with Crippen molar-refractivity contribution in [3.8, 4) is 5.88 Å². The molecule has 0 unspecified atom stereocenters. The van der Waals surface area contributed by atoms with Crippen molar-refractivity contribution in [1.29, 1.82) is 0 Å². The quantitative estimate of drug-likeness (QED) is 0.742. The van der Waals surface area contributed by atoms with Gasteiger partial charge in [0.05, 0.1) is 7.11 Å². The fourth-order valence-corrected chi connectivity index (χ4v) is 1.18. The maximum absolute atomic E-state index is 10.6. The van der Waals surface area contributed by atoms with Gasteiger partial charge >= 0.3 is 0 Å². The highest BCUT2D eigenvalue weighted by Gasteiger charge is 1.97. The molecule has 4 nitrogen and oxygen atoms in total. The molecule has 1 N–H and O–H groups in total. The molecule has 0 aliphatic heterocycles. The van der Waals surface area contributed by atoms with Gasteiger partial charge in [-0.05, 0) is 18.0 Å². The van der Waals surface area contributed by atoms with Gasteiger partial charge < -0.3 is 4.74 Å². The summed E-state index contributed by atoms with van der Waals surface area (Å²) in [6.45, 7) is 1.46. The second-order valence-corrected chi connectivity index (χ2v) is 3.18. The van der Waals surface area contributed by atoms with Crippen LogP contribution < -0.4 is 9.46 Å². The van der Waals surface area contributed by atoms with E-state index in [1.807, 2.05) is 6.07 Å². The maximum atomic E-state index is 10.6. The molecule has 0 aromatic carbocycles. The zero-order valence-corrected chi connectivity index (χ0v) is 8.22. The van der Waals surface area contributed by atoms with Crippen LogP contribution in [0.2, 0.25) is 0 Å². The summed E-state index contributed by atoms with van der Waals surface area (Å²) in [5.41, 5.74) is 0. The topological polar surface area (TPSA) is 51.2 Å². The average Bonchev–Trinajstić information content (AvgIpc) is 2.15. The normalized spacial score (nSPS) is 9.38. The number of methoxy groups -OCH3 is 1. The van der Waals surface area contributed by atoms with E-state index in [9.17, 15) is 4.79 Å². The fraction of sp³-hybridized carbons (Fsp3) is 0.250. The first-order chi connectivity index (χ1) is 6.22. The molecule has 0 fully saturated rings. The summed E-state index contributed by atoms with van der Waals surface area (Å²) in [5.74, 6) is 0.480. The van der Waals surface area contributed by atoms with Gasteiger partial charge in [0.2, 0.25) is 11.8 Å². The summed E-state index contributed by atoms with van der Waals surface area (Å²) in [6.07, 6.45) is 1.64. The Morgan fingerprint density at radius 2 is 2.38 bits per heavy atom. The molecule has 0 bridgehead atoms. The van der Waals surface area contributed by atoms with E-state index in [1.54, 1.807) is 19.4 Å². The lowest BCUT2D eigenvalue weighted by atomic mass is 10.5.